The fourth-order valence-electron chi connectivity index (χ4n) is 1.87. The Hall–Kier alpha value is -2.12. The average molecular weight is 286 g/mol. The number of hydrazine groups is 1. The first-order valence-electron chi connectivity index (χ1n) is 6.10. The fraction of sp³-hybridized carbons (Fsp3) is 0.154. The Balaban J connectivity index is 2.09. The van der Waals surface area contributed by atoms with Crippen molar-refractivity contribution in [2.24, 2.45) is 5.84 Å². The van der Waals surface area contributed by atoms with Gasteiger partial charge in [0, 0.05) is 4.90 Å². The number of H-pyrrole nitrogens is 1. The largest absolute Gasteiger partial charge is 0.292 e. The summed E-state index contributed by atoms with van der Waals surface area (Å²) >= 11 is 1.59. The molecule has 0 saturated heterocycles. The van der Waals surface area contributed by atoms with Gasteiger partial charge in [-0.2, -0.15) is 10.1 Å². The Labute approximate surface area is 120 Å². The molecule has 6 nitrogen and oxygen atoms in total. The lowest BCUT2D eigenvalue weighted by Gasteiger charge is -2.08. The predicted octanol–water partition coefficient (Wildman–Crippen LogP) is 2.41. The topological polar surface area (TPSA) is 92.5 Å². The number of nitrogens with zero attached hydrogens (tertiary/aromatic N) is 3. The monoisotopic (exact) mass is 286 g/mol. The summed E-state index contributed by atoms with van der Waals surface area (Å²) in [4.78, 5) is 9.79. The average Bonchev–Trinajstić information content (AvgIpc) is 2.91. The Kier molecular flexibility index (Phi) is 3.29. The highest BCUT2D eigenvalue weighted by Crippen LogP contribution is 2.33. The number of anilines is 1. The molecule has 1 aromatic carbocycles. The molecule has 0 unspecified atom stereocenters. The Morgan fingerprint density at radius 3 is 2.90 bits per heavy atom. The molecule has 0 fully saturated rings. The second kappa shape index (κ2) is 5.10. The molecule has 7 heteroatoms. The molecule has 3 aromatic rings. The molecule has 0 atom stereocenters. The minimum Gasteiger partial charge on any atom is -0.292 e. The van der Waals surface area contributed by atoms with Crippen LogP contribution in [0.1, 0.15) is 11.1 Å². The highest BCUT2D eigenvalue weighted by molar-refractivity contribution is 7.99. The molecule has 0 radical (unpaired) electrons. The van der Waals surface area contributed by atoms with Crippen LogP contribution in [0, 0.1) is 13.8 Å². The number of nitrogens with two attached hydrogens (primary N) is 1. The van der Waals surface area contributed by atoms with Crippen LogP contribution in [0.3, 0.4) is 0 Å². The predicted molar refractivity (Wildman–Crippen MR) is 79.5 cm³/mol. The van der Waals surface area contributed by atoms with Crippen molar-refractivity contribution in [3.63, 3.8) is 0 Å². The van der Waals surface area contributed by atoms with Crippen molar-refractivity contribution in [1.29, 1.82) is 0 Å². The highest BCUT2D eigenvalue weighted by atomic mass is 32.2. The number of aromatic amines is 1. The number of aromatic nitrogens is 4. The van der Waals surface area contributed by atoms with Crippen molar-refractivity contribution in [3.05, 3.63) is 35.5 Å². The standard InChI is InChI=1S/C13H14N6S/c1-7-3-4-8(2)10(5-7)20-12-9-6-15-19-11(9)16-13(17-12)18-14/h3-6H,14H2,1-2H3,(H2,15,16,17,18,19). The van der Waals surface area contributed by atoms with Crippen LogP contribution in [0.25, 0.3) is 11.0 Å². The number of fused-ring (bicyclic) bond motifs is 1. The second-order valence-corrected chi connectivity index (χ2v) is 5.53. The first-order valence-corrected chi connectivity index (χ1v) is 6.92. The normalized spacial score (nSPS) is 10.9. The fourth-order valence-corrected chi connectivity index (χ4v) is 2.95. The van der Waals surface area contributed by atoms with Gasteiger partial charge < -0.3 is 0 Å². The molecule has 0 aliphatic carbocycles. The molecule has 0 bridgehead atoms. The van der Waals surface area contributed by atoms with E-state index in [9.17, 15) is 0 Å². The third kappa shape index (κ3) is 2.33. The molecular weight excluding hydrogens is 272 g/mol. The van der Waals surface area contributed by atoms with Crippen molar-refractivity contribution in [2.45, 2.75) is 23.8 Å². The van der Waals surface area contributed by atoms with Gasteiger partial charge in [-0.25, -0.2) is 10.8 Å². The van der Waals surface area contributed by atoms with Gasteiger partial charge in [0.25, 0.3) is 0 Å². The molecule has 4 N–H and O–H groups in total. The number of nitrogen functional groups attached to an aromatic ring is 1. The van der Waals surface area contributed by atoms with Crippen LogP contribution in [0.5, 0.6) is 0 Å². The zero-order valence-corrected chi connectivity index (χ0v) is 12.0. The van der Waals surface area contributed by atoms with Crippen molar-refractivity contribution < 1.29 is 0 Å². The van der Waals surface area contributed by atoms with Crippen LogP contribution in [0.4, 0.5) is 5.95 Å². The molecule has 3 rings (SSSR count). The molecule has 2 aromatic heterocycles. The zero-order valence-electron chi connectivity index (χ0n) is 11.1. The maximum Gasteiger partial charge on any atom is 0.240 e. The Morgan fingerprint density at radius 1 is 1.25 bits per heavy atom. The first-order chi connectivity index (χ1) is 9.67. The van der Waals surface area contributed by atoms with Crippen LogP contribution in [0.15, 0.2) is 34.3 Å². The van der Waals surface area contributed by atoms with Gasteiger partial charge in [-0.1, -0.05) is 23.9 Å². The lowest BCUT2D eigenvalue weighted by Crippen LogP contribution is -2.10. The maximum atomic E-state index is 5.41. The number of rotatable bonds is 3. The van der Waals surface area contributed by atoms with Crippen LogP contribution in [-0.4, -0.2) is 20.2 Å². The molecule has 2 heterocycles. The maximum absolute atomic E-state index is 5.41. The van der Waals surface area contributed by atoms with E-state index in [-0.39, 0.29) is 0 Å². The number of benzene rings is 1. The van der Waals surface area contributed by atoms with Gasteiger partial charge in [0.2, 0.25) is 5.95 Å². The molecule has 102 valence electrons. The van der Waals surface area contributed by atoms with E-state index in [4.69, 9.17) is 5.84 Å². The summed E-state index contributed by atoms with van der Waals surface area (Å²) in [5, 5.41) is 8.55. The number of hydrogen-bond donors (Lipinski definition) is 3. The third-order valence-electron chi connectivity index (χ3n) is 2.95. The summed E-state index contributed by atoms with van der Waals surface area (Å²) in [5.41, 5.74) is 5.57. The minimum absolute atomic E-state index is 0.370. The molecule has 0 amide bonds. The van der Waals surface area contributed by atoms with E-state index in [1.807, 2.05) is 0 Å². The quantitative estimate of drug-likeness (QED) is 0.389. The van der Waals surface area contributed by atoms with Gasteiger partial charge in [-0.3, -0.25) is 10.5 Å². The van der Waals surface area contributed by atoms with E-state index in [2.05, 4.69) is 57.6 Å². The van der Waals surface area contributed by atoms with E-state index in [1.54, 1.807) is 18.0 Å². The molecule has 0 saturated carbocycles. The van der Waals surface area contributed by atoms with E-state index < -0.39 is 0 Å². The van der Waals surface area contributed by atoms with Crippen LogP contribution >= 0.6 is 11.8 Å². The zero-order chi connectivity index (χ0) is 14.1. The van der Waals surface area contributed by atoms with Gasteiger partial charge in [-0.15, -0.1) is 0 Å². The van der Waals surface area contributed by atoms with Crippen LogP contribution < -0.4 is 11.3 Å². The smallest absolute Gasteiger partial charge is 0.240 e. The second-order valence-electron chi connectivity index (χ2n) is 4.50. The summed E-state index contributed by atoms with van der Waals surface area (Å²) in [7, 11) is 0. The Bertz CT molecular complexity index is 767. The SMILES string of the molecule is Cc1ccc(C)c(Sc2nc(NN)nc3[nH]ncc23)c1. The van der Waals surface area contributed by atoms with E-state index in [0.717, 1.165) is 15.3 Å². The highest BCUT2D eigenvalue weighted by Gasteiger charge is 2.11. The third-order valence-corrected chi connectivity index (χ3v) is 4.12. The summed E-state index contributed by atoms with van der Waals surface area (Å²) in [6, 6.07) is 6.34. The summed E-state index contributed by atoms with van der Waals surface area (Å²) < 4.78 is 0. The van der Waals surface area contributed by atoms with Crippen molar-refractivity contribution >= 4 is 28.7 Å². The van der Waals surface area contributed by atoms with Crippen LogP contribution in [-0.2, 0) is 0 Å². The summed E-state index contributed by atoms with van der Waals surface area (Å²) in [5.74, 6) is 5.78. The lowest BCUT2D eigenvalue weighted by atomic mass is 10.2. The molecule has 0 spiro atoms. The van der Waals surface area contributed by atoms with Crippen molar-refractivity contribution in [1.82, 2.24) is 20.2 Å². The van der Waals surface area contributed by atoms with E-state index >= 15 is 0 Å². The van der Waals surface area contributed by atoms with Crippen LogP contribution in [0.2, 0.25) is 0 Å². The van der Waals surface area contributed by atoms with Gasteiger partial charge >= 0.3 is 0 Å². The van der Waals surface area contributed by atoms with Gasteiger partial charge in [0.15, 0.2) is 5.65 Å². The minimum atomic E-state index is 0.370. The number of hydrogen-bond acceptors (Lipinski definition) is 6. The summed E-state index contributed by atoms with van der Waals surface area (Å²) in [6.45, 7) is 4.15. The molecule has 20 heavy (non-hydrogen) atoms. The molecule has 0 aliphatic rings. The van der Waals surface area contributed by atoms with Gasteiger partial charge in [0.05, 0.1) is 11.6 Å². The first kappa shape index (κ1) is 12.9. The van der Waals surface area contributed by atoms with Crippen molar-refractivity contribution in [2.75, 3.05) is 5.43 Å². The Morgan fingerprint density at radius 2 is 2.10 bits per heavy atom. The lowest BCUT2D eigenvalue weighted by molar-refractivity contribution is 1.05. The van der Waals surface area contributed by atoms with Gasteiger partial charge in [-0.05, 0) is 31.0 Å². The van der Waals surface area contributed by atoms with Crippen molar-refractivity contribution in [3.8, 4) is 0 Å². The summed E-state index contributed by atoms with van der Waals surface area (Å²) in [6.07, 6.45) is 1.73. The molecular formula is C13H14N6S. The van der Waals surface area contributed by atoms with E-state index in [0.29, 0.717) is 11.6 Å². The molecule has 0 aliphatic heterocycles. The number of aryl methyl sites for hydroxylation is 2. The van der Waals surface area contributed by atoms with Gasteiger partial charge in [0.1, 0.15) is 5.03 Å². The number of nitrogens with one attached hydrogen (secondary N) is 2. The van der Waals surface area contributed by atoms with E-state index in [1.165, 1.54) is 11.1 Å².